The van der Waals surface area contributed by atoms with Gasteiger partial charge in [-0.3, -0.25) is 5.43 Å². The Labute approximate surface area is 167 Å². The Morgan fingerprint density at radius 1 is 0.929 bits per heavy atom. The van der Waals surface area contributed by atoms with Crippen molar-refractivity contribution in [3.8, 4) is 0 Å². The average molecular weight is 398 g/mol. The van der Waals surface area contributed by atoms with Crippen molar-refractivity contribution in [1.82, 2.24) is 5.43 Å². The molecule has 3 nitrogen and oxygen atoms in total. The van der Waals surface area contributed by atoms with Crippen LogP contribution < -0.4 is 10.3 Å². The second-order valence-corrected chi connectivity index (χ2v) is 7.61. The maximum Gasteiger partial charge on any atom is 0.416 e. The molecule has 1 aromatic carbocycles. The fourth-order valence-electron chi connectivity index (χ4n) is 3.58. The van der Waals surface area contributed by atoms with Crippen molar-refractivity contribution in [3.05, 3.63) is 29.8 Å². The number of rotatable bonds is 13. The molecule has 0 atom stereocenters. The first-order chi connectivity index (χ1) is 13.5. The third kappa shape index (κ3) is 7.72. The van der Waals surface area contributed by atoms with Gasteiger partial charge >= 0.3 is 6.18 Å². The van der Waals surface area contributed by atoms with Gasteiger partial charge in [0.1, 0.15) is 12.5 Å². The van der Waals surface area contributed by atoms with E-state index in [-0.39, 0.29) is 0 Å². The van der Waals surface area contributed by atoms with Crippen molar-refractivity contribution < 1.29 is 13.2 Å². The molecule has 6 heteroatoms. The van der Waals surface area contributed by atoms with Crippen LogP contribution in [0, 0.1) is 0 Å². The SMILES string of the molecule is CCCCCCCCCCCCCC1=NNCN1c1cccc(C(F)(F)F)c1. The number of halogens is 3. The number of unbranched alkanes of at least 4 members (excludes halogenated alkanes) is 10. The van der Waals surface area contributed by atoms with Gasteiger partial charge in [-0.05, 0) is 24.6 Å². The normalized spacial score (nSPS) is 14.3. The summed E-state index contributed by atoms with van der Waals surface area (Å²) in [6.45, 7) is 2.67. The van der Waals surface area contributed by atoms with Gasteiger partial charge in [0.2, 0.25) is 0 Å². The second kappa shape index (κ2) is 12.0. The molecule has 1 N–H and O–H groups in total. The second-order valence-electron chi connectivity index (χ2n) is 7.61. The molecule has 0 bridgehead atoms. The predicted octanol–water partition coefficient (Wildman–Crippen LogP) is 7.09. The van der Waals surface area contributed by atoms with Gasteiger partial charge in [-0.2, -0.15) is 18.3 Å². The Morgan fingerprint density at radius 2 is 1.54 bits per heavy atom. The molecule has 28 heavy (non-hydrogen) atoms. The molecule has 0 radical (unpaired) electrons. The van der Waals surface area contributed by atoms with Crippen LogP contribution in [0.1, 0.15) is 89.5 Å². The topological polar surface area (TPSA) is 27.6 Å². The highest BCUT2D eigenvalue weighted by Crippen LogP contribution is 2.32. The van der Waals surface area contributed by atoms with Crippen LogP contribution in [-0.2, 0) is 6.18 Å². The molecule has 1 aliphatic rings. The van der Waals surface area contributed by atoms with Crippen molar-refractivity contribution in [1.29, 1.82) is 0 Å². The fraction of sp³-hybridized carbons (Fsp3) is 0.682. The van der Waals surface area contributed by atoms with Crippen LogP contribution in [0.25, 0.3) is 0 Å². The average Bonchev–Trinajstić information content (AvgIpc) is 3.14. The van der Waals surface area contributed by atoms with Crippen LogP contribution in [0.4, 0.5) is 18.9 Å². The van der Waals surface area contributed by atoms with Crippen molar-refractivity contribution in [2.75, 3.05) is 11.6 Å². The Kier molecular flexibility index (Phi) is 9.65. The lowest BCUT2D eigenvalue weighted by atomic mass is 10.0. The number of nitrogens with one attached hydrogen (secondary N) is 1. The molecule has 0 saturated heterocycles. The number of nitrogens with zero attached hydrogens (tertiary/aromatic N) is 2. The largest absolute Gasteiger partial charge is 0.416 e. The number of amidine groups is 1. The minimum absolute atomic E-state index is 0.425. The standard InChI is InChI=1S/C22H34F3N3/c1-2-3-4-5-6-7-8-9-10-11-12-16-21-27-26-18-28(21)20-15-13-14-19(17-20)22(23,24)25/h13-15,17,26H,2-12,16,18H2,1H3. The summed E-state index contributed by atoms with van der Waals surface area (Å²) in [5.74, 6) is 0.829. The van der Waals surface area contributed by atoms with Gasteiger partial charge in [-0.25, -0.2) is 0 Å². The first-order valence-corrected chi connectivity index (χ1v) is 10.8. The van der Waals surface area contributed by atoms with Crippen molar-refractivity contribution >= 4 is 11.5 Å². The number of benzene rings is 1. The smallest absolute Gasteiger partial charge is 0.309 e. The summed E-state index contributed by atoms with van der Waals surface area (Å²) in [6, 6.07) is 5.46. The van der Waals surface area contributed by atoms with Gasteiger partial charge in [-0.15, -0.1) is 0 Å². The van der Waals surface area contributed by atoms with Crippen LogP contribution in [0.15, 0.2) is 29.4 Å². The summed E-state index contributed by atoms with van der Waals surface area (Å²) in [5.41, 5.74) is 2.83. The van der Waals surface area contributed by atoms with Crippen LogP contribution >= 0.6 is 0 Å². The lowest BCUT2D eigenvalue weighted by Gasteiger charge is -2.20. The van der Waals surface area contributed by atoms with Crippen LogP contribution in [0.3, 0.4) is 0 Å². The van der Waals surface area contributed by atoms with E-state index in [1.807, 2.05) is 4.90 Å². The van der Waals surface area contributed by atoms with Gasteiger partial charge in [0.15, 0.2) is 0 Å². The van der Waals surface area contributed by atoms with E-state index in [1.165, 1.54) is 69.9 Å². The van der Waals surface area contributed by atoms with E-state index in [9.17, 15) is 13.2 Å². The summed E-state index contributed by atoms with van der Waals surface area (Å²) in [6.07, 6.45) is 10.5. The van der Waals surface area contributed by atoms with Gasteiger partial charge in [0, 0.05) is 12.1 Å². The third-order valence-electron chi connectivity index (χ3n) is 5.24. The highest BCUT2D eigenvalue weighted by Gasteiger charge is 2.31. The fourth-order valence-corrected chi connectivity index (χ4v) is 3.58. The van der Waals surface area contributed by atoms with Gasteiger partial charge in [0.25, 0.3) is 0 Å². The van der Waals surface area contributed by atoms with Crippen molar-refractivity contribution in [3.63, 3.8) is 0 Å². The summed E-state index contributed by atoms with van der Waals surface area (Å²) >= 11 is 0. The van der Waals surface area contributed by atoms with Gasteiger partial charge in [0.05, 0.1) is 5.56 Å². The molecule has 0 fully saturated rings. The van der Waals surface area contributed by atoms with Crippen LogP contribution in [0.2, 0.25) is 0 Å². The monoisotopic (exact) mass is 397 g/mol. The molecule has 1 aromatic rings. The van der Waals surface area contributed by atoms with E-state index in [0.29, 0.717) is 12.4 Å². The van der Waals surface area contributed by atoms with E-state index in [0.717, 1.165) is 31.2 Å². The first-order valence-electron chi connectivity index (χ1n) is 10.8. The Hall–Kier alpha value is -1.72. The van der Waals surface area contributed by atoms with Crippen LogP contribution in [-0.4, -0.2) is 12.5 Å². The van der Waals surface area contributed by atoms with E-state index in [1.54, 1.807) is 6.07 Å². The van der Waals surface area contributed by atoms with E-state index >= 15 is 0 Å². The maximum absolute atomic E-state index is 12.9. The highest BCUT2D eigenvalue weighted by molar-refractivity contribution is 5.98. The van der Waals surface area contributed by atoms with E-state index < -0.39 is 11.7 Å². The quantitative estimate of drug-likeness (QED) is 0.360. The molecule has 0 amide bonds. The maximum atomic E-state index is 12.9. The minimum Gasteiger partial charge on any atom is -0.309 e. The molecule has 158 valence electrons. The van der Waals surface area contributed by atoms with Gasteiger partial charge in [-0.1, -0.05) is 77.2 Å². The number of alkyl halides is 3. The van der Waals surface area contributed by atoms with Crippen molar-refractivity contribution in [2.45, 2.75) is 90.1 Å². The lowest BCUT2D eigenvalue weighted by molar-refractivity contribution is -0.137. The molecule has 1 heterocycles. The summed E-state index contributed by atoms with van der Waals surface area (Å²) in [5, 5.41) is 4.28. The molecule has 0 spiro atoms. The molecular weight excluding hydrogens is 363 g/mol. The van der Waals surface area contributed by atoms with E-state index in [2.05, 4.69) is 17.5 Å². The molecule has 0 saturated carbocycles. The van der Waals surface area contributed by atoms with Gasteiger partial charge < -0.3 is 4.90 Å². The molecule has 0 aromatic heterocycles. The van der Waals surface area contributed by atoms with Crippen LogP contribution in [0.5, 0.6) is 0 Å². The zero-order chi connectivity index (χ0) is 20.2. The predicted molar refractivity (Wildman–Crippen MR) is 110 cm³/mol. The zero-order valence-electron chi connectivity index (χ0n) is 17.0. The third-order valence-corrected chi connectivity index (χ3v) is 5.24. The Balaban J connectivity index is 1.64. The highest BCUT2D eigenvalue weighted by atomic mass is 19.4. The number of hydrogen-bond acceptors (Lipinski definition) is 3. The minimum atomic E-state index is -4.32. The summed E-state index contributed by atoms with van der Waals surface area (Å²) in [4.78, 5) is 1.84. The number of hydrogen-bond donors (Lipinski definition) is 1. The first kappa shape index (κ1) is 22.6. The van der Waals surface area contributed by atoms with Crippen molar-refractivity contribution in [2.24, 2.45) is 5.10 Å². The molecule has 0 unspecified atom stereocenters. The molecule has 1 aliphatic heterocycles. The Morgan fingerprint density at radius 3 is 2.14 bits per heavy atom. The molecular formula is C22H34F3N3. The number of anilines is 1. The molecule has 0 aliphatic carbocycles. The lowest BCUT2D eigenvalue weighted by Crippen LogP contribution is -2.29. The zero-order valence-corrected chi connectivity index (χ0v) is 17.0. The van der Waals surface area contributed by atoms with E-state index in [4.69, 9.17) is 0 Å². The number of hydrazone groups is 1. The Bertz CT molecular complexity index is 599. The summed E-state index contributed by atoms with van der Waals surface area (Å²) < 4.78 is 38.8. The summed E-state index contributed by atoms with van der Waals surface area (Å²) in [7, 11) is 0. The molecule has 2 rings (SSSR count).